The van der Waals surface area contributed by atoms with Crippen LogP contribution in [0.5, 0.6) is 0 Å². The zero-order chi connectivity index (χ0) is 24.4. The number of halogens is 1. The number of Topliss-reactive ketones (excluding diaryl/α,β-unsaturated/α-hetero) is 1. The molecular formula is C20H28FN7O5. The Balaban J connectivity index is 2.13. The van der Waals surface area contributed by atoms with Crippen molar-refractivity contribution in [3.05, 3.63) is 30.1 Å². The molecule has 2 heterocycles. The number of carbonyl (C=O) groups is 4. The summed E-state index contributed by atoms with van der Waals surface area (Å²) < 4.78 is 13.0. The fraction of sp³-hybridized carbons (Fsp3) is 0.500. The summed E-state index contributed by atoms with van der Waals surface area (Å²) in [5, 5.41) is 13.9. The van der Waals surface area contributed by atoms with Gasteiger partial charge in [0, 0.05) is 31.0 Å². The van der Waals surface area contributed by atoms with Crippen molar-refractivity contribution in [3.8, 4) is 0 Å². The van der Waals surface area contributed by atoms with Gasteiger partial charge in [0.05, 0.1) is 6.04 Å². The second-order valence-corrected chi connectivity index (χ2v) is 7.47. The maximum atomic E-state index is 13.2. The van der Waals surface area contributed by atoms with E-state index in [1.54, 1.807) is 12.1 Å². The first kappa shape index (κ1) is 25.5. The van der Waals surface area contributed by atoms with Crippen LogP contribution in [0.15, 0.2) is 29.5 Å². The van der Waals surface area contributed by atoms with Crippen molar-refractivity contribution in [1.82, 2.24) is 20.5 Å². The fourth-order valence-corrected chi connectivity index (χ4v) is 3.61. The molecule has 1 aromatic rings. The van der Waals surface area contributed by atoms with Gasteiger partial charge in [-0.1, -0.05) is 6.07 Å². The average molecular weight is 465 g/mol. The highest BCUT2D eigenvalue weighted by Gasteiger charge is 2.39. The minimum Gasteiger partial charge on any atom is -0.465 e. The van der Waals surface area contributed by atoms with Gasteiger partial charge < -0.3 is 32.1 Å². The summed E-state index contributed by atoms with van der Waals surface area (Å²) in [7, 11) is 0. The summed E-state index contributed by atoms with van der Waals surface area (Å²) in [6.45, 7) is -0.830. The number of hydrogen-bond donors (Lipinski definition) is 5. The number of ketones is 1. The number of aromatic nitrogens is 1. The summed E-state index contributed by atoms with van der Waals surface area (Å²) in [5.74, 6) is -2.16. The van der Waals surface area contributed by atoms with E-state index in [2.05, 4.69) is 20.6 Å². The summed E-state index contributed by atoms with van der Waals surface area (Å²) in [6.07, 6.45) is 2.69. The lowest BCUT2D eigenvalue weighted by molar-refractivity contribution is -0.140. The molecule has 0 bridgehead atoms. The van der Waals surface area contributed by atoms with Gasteiger partial charge in [-0.3, -0.25) is 24.4 Å². The van der Waals surface area contributed by atoms with Gasteiger partial charge >= 0.3 is 6.09 Å². The summed E-state index contributed by atoms with van der Waals surface area (Å²) in [6, 6.07) is -0.181. The molecule has 0 aliphatic carbocycles. The molecule has 12 nitrogen and oxygen atoms in total. The van der Waals surface area contributed by atoms with Crippen LogP contribution in [0.25, 0.3) is 0 Å². The topological polar surface area (TPSA) is 193 Å². The molecule has 1 aliphatic heterocycles. The van der Waals surface area contributed by atoms with E-state index in [-0.39, 0.29) is 25.5 Å². The number of amides is 3. The summed E-state index contributed by atoms with van der Waals surface area (Å²) in [4.78, 5) is 58.3. The van der Waals surface area contributed by atoms with Crippen LogP contribution in [0, 0.1) is 0 Å². The number of nitrogens with two attached hydrogens (primary N) is 2. The van der Waals surface area contributed by atoms with Crippen molar-refractivity contribution in [2.75, 3.05) is 19.8 Å². The molecule has 13 heteroatoms. The van der Waals surface area contributed by atoms with Gasteiger partial charge in [0.15, 0.2) is 11.7 Å². The van der Waals surface area contributed by atoms with Crippen molar-refractivity contribution < 1.29 is 28.7 Å². The number of alkyl halides is 1. The Bertz CT molecular complexity index is 879. The third-order valence-corrected chi connectivity index (χ3v) is 5.15. The van der Waals surface area contributed by atoms with Crippen LogP contribution >= 0.6 is 0 Å². The second kappa shape index (κ2) is 12.3. The molecule has 0 unspecified atom stereocenters. The molecule has 3 amide bonds. The molecule has 0 aromatic carbocycles. The molecule has 2 rings (SSSR count). The van der Waals surface area contributed by atoms with Crippen LogP contribution in [0.4, 0.5) is 9.18 Å². The smallest absolute Gasteiger partial charge is 0.405 e. The molecule has 1 saturated heterocycles. The number of nitrogens with zero attached hydrogens (tertiary/aromatic N) is 3. The van der Waals surface area contributed by atoms with Gasteiger partial charge in [-0.05, 0) is 31.7 Å². The lowest BCUT2D eigenvalue weighted by atomic mass is 10.0. The maximum absolute atomic E-state index is 13.2. The Hall–Kier alpha value is -3.77. The Morgan fingerprint density at radius 2 is 2.06 bits per heavy atom. The predicted octanol–water partition coefficient (Wildman–Crippen LogP) is -0.542. The Kier molecular flexibility index (Phi) is 9.51. The first-order chi connectivity index (χ1) is 15.7. The van der Waals surface area contributed by atoms with Gasteiger partial charge in [0.1, 0.15) is 18.8 Å². The highest BCUT2D eigenvalue weighted by molar-refractivity contribution is 5.95. The van der Waals surface area contributed by atoms with E-state index in [1.165, 1.54) is 17.3 Å². The summed E-state index contributed by atoms with van der Waals surface area (Å²) >= 11 is 0. The van der Waals surface area contributed by atoms with Crippen LogP contribution in [0.2, 0.25) is 0 Å². The first-order valence-corrected chi connectivity index (χ1v) is 10.4. The quantitative estimate of drug-likeness (QED) is 0.163. The van der Waals surface area contributed by atoms with Gasteiger partial charge in [-0.15, -0.1) is 0 Å². The number of hydrogen-bond acceptors (Lipinski definition) is 6. The number of carbonyl (C=O) groups excluding carboxylic acids is 3. The largest absolute Gasteiger partial charge is 0.465 e. The minimum atomic E-state index is -1.41. The van der Waals surface area contributed by atoms with Gasteiger partial charge in [-0.25, -0.2) is 9.18 Å². The SMILES string of the molecule is NC(N)=NCCC[C@H](NC(=O)[C@@H]1CCCN1C(=O)[C@H](NC(=O)O)c1cccnc1)C(=O)CF. The van der Waals surface area contributed by atoms with Crippen LogP contribution in [0.3, 0.4) is 0 Å². The molecule has 1 aliphatic rings. The molecule has 7 N–H and O–H groups in total. The molecule has 1 fully saturated rings. The molecule has 0 saturated carbocycles. The van der Waals surface area contributed by atoms with Crippen molar-refractivity contribution >= 4 is 29.7 Å². The second-order valence-electron chi connectivity index (χ2n) is 7.47. The molecule has 3 atom stereocenters. The number of guanidine groups is 1. The third kappa shape index (κ3) is 7.40. The predicted molar refractivity (Wildman–Crippen MR) is 116 cm³/mol. The van der Waals surface area contributed by atoms with Gasteiger partial charge in [0.2, 0.25) is 5.91 Å². The number of carboxylic acid groups (broad SMARTS) is 1. The zero-order valence-corrected chi connectivity index (χ0v) is 17.9. The van der Waals surface area contributed by atoms with Crippen LogP contribution in [0.1, 0.15) is 37.3 Å². The van der Waals surface area contributed by atoms with Crippen LogP contribution in [-0.2, 0) is 14.4 Å². The summed E-state index contributed by atoms with van der Waals surface area (Å²) in [5.41, 5.74) is 10.8. The zero-order valence-electron chi connectivity index (χ0n) is 17.9. The monoisotopic (exact) mass is 465 g/mol. The normalized spacial score (nSPS) is 17.0. The highest BCUT2D eigenvalue weighted by Crippen LogP contribution is 2.24. The highest BCUT2D eigenvalue weighted by atomic mass is 19.1. The number of pyridine rings is 1. The van der Waals surface area contributed by atoms with Crippen molar-refractivity contribution in [3.63, 3.8) is 0 Å². The molecule has 0 radical (unpaired) electrons. The van der Waals surface area contributed by atoms with Crippen molar-refractivity contribution in [2.45, 2.75) is 43.8 Å². The number of likely N-dealkylation sites (tertiary alicyclic amines) is 1. The first-order valence-electron chi connectivity index (χ1n) is 10.4. The van der Waals surface area contributed by atoms with Gasteiger partial charge in [-0.2, -0.15) is 0 Å². The molecule has 33 heavy (non-hydrogen) atoms. The average Bonchev–Trinajstić information content (AvgIpc) is 3.29. The Morgan fingerprint density at radius 3 is 2.67 bits per heavy atom. The van der Waals surface area contributed by atoms with E-state index in [0.29, 0.717) is 24.8 Å². The van der Waals surface area contributed by atoms with E-state index in [9.17, 15) is 28.7 Å². The lowest BCUT2D eigenvalue weighted by Gasteiger charge is -2.29. The molecule has 0 spiro atoms. The van der Waals surface area contributed by atoms with E-state index in [4.69, 9.17) is 11.5 Å². The fourth-order valence-electron chi connectivity index (χ4n) is 3.61. The van der Waals surface area contributed by atoms with Crippen molar-refractivity contribution in [2.24, 2.45) is 16.5 Å². The van der Waals surface area contributed by atoms with E-state index >= 15 is 0 Å². The van der Waals surface area contributed by atoms with Crippen molar-refractivity contribution in [1.29, 1.82) is 0 Å². The third-order valence-electron chi connectivity index (χ3n) is 5.15. The standard InChI is InChI=1S/C20H28FN7O5/c21-10-15(29)13(5-2-8-25-19(22)23)26-17(30)14-6-3-9-28(14)18(31)16(27-20(32)33)12-4-1-7-24-11-12/h1,4,7,11,13-14,16,27H,2-3,5-6,8-10H2,(H,26,30)(H,32,33)(H4,22,23,25)/t13-,14-,16+/m0/s1. The minimum absolute atomic E-state index is 0.116. The van der Waals surface area contributed by atoms with Gasteiger partial charge in [0.25, 0.3) is 5.91 Å². The Morgan fingerprint density at radius 1 is 1.30 bits per heavy atom. The number of nitrogens with one attached hydrogen (secondary N) is 2. The lowest BCUT2D eigenvalue weighted by Crippen LogP contribution is -2.53. The van der Waals surface area contributed by atoms with E-state index in [0.717, 1.165) is 0 Å². The number of rotatable bonds is 11. The van der Waals surface area contributed by atoms with E-state index < -0.39 is 48.5 Å². The molecule has 180 valence electrons. The van der Waals surface area contributed by atoms with Crippen LogP contribution in [-0.4, -0.2) is 76.5 Å². The maximum Gasteiger partial charge on any atom is 0.405 e. The number of aliphatic imine (C=N–C) groups is 1. The molecule has 1 aromatic heterocycles. The molecular weight excluding hydrogens is 437 g/mol. The Labute approximate surface area is 189 Å². The van der Waals surface area contributed by atoms with Crippen LogP contribution < -0.4 is 22.1 Å². The van der Waals surface area contributed by atoms with E-state index in [1.807, 2.05) is 0 Å².